The summed E-state index contributed by atoms with van der Waals surface area (Å²) in [7, 11) is 0. The molecule has 0 radical (unpaired) electrons. The van der Waals surface area contributed by atoms with Crippen LogP contribution in [0.15, 0.2) is 48.5 Å². The average molecular weight is 360 g/mol. The predicted octanol–water partition coefficient (Wildman–Crippen LogP) is 3.12. The maximum atomic E-state index is 12.3. The molecule has 0 spiro atoms. The number of carbonyl (C=O) groups is 1. The number of phenolic OH excluding ortho intramolecular Hbond substituents is 1. The quantitative estimate of drug-likeness (QED) is 0.881. The molecule has 2 aromatic carbocycles. The molecule has 1 aliphatic heterocycles. The molecule has 0 atom stereocenters. The van der Waals surface area contributed by atoms with Crippen molar-refractivity contribution < 1.29 is 9.90 Å². The third-order valence-electron chi connectivity index (χ3n) is 4.37. The number of amides is 2. The molecule has 1 saturated heterocycles. The van der Waals surface area contributed by atoms with E-state index < -0.39 is 0 Å². The molecule has 0 unspecified atom stereocenters. The minimum absolute atomic E-state index is 0.0426. The van der Waals surface area contributed by atoms with Crippen LogP contribution in [0.4, 0.5) is 10.5 Å². The van der Waals surface area contributed by atoms with Gasteiger partial charge in [-0.25, -0.2) is 4.79 Å². The standard InChI is InChI=1S/C19H22ClN3O2/c20-16-5-3-4-15(14-16)8-9-21-19(25)23-12-10-22(11-13-23)17-6-1-2-7-18(17)24/h1-7,14,24H,8-13H2,(H,21,25). The van der Waals surface area contributed by atoms with Crippen LogP contribution in [0.1, 0.15) is 5.56 Å². The second-order valence-corrected chi connectivity index (χ2v) is 6.51. The molecule has 6 heteroatoms. The van der Waals surface area contributed by atoms with Crippen molar-refractivity contribution in [2.75, 3.05) is 37.6 Å². The zero-order chi connectivity index (χ0) is 17.6. The highest BCUT2D eigenvalue weighted by Crippen LogP contribution is 2.27. The summed E-state index contributed by atoms with van der Waals surface area (Å²) in [6.45, 7) is 3.27. The molecule has 3 rings (SSSR count). The number of anilines is 1. The second-order valence-electron chi connectivity index (χ2n) is 6.07. The molecule has 2 amide bonds. The Bertz CT molecular complexity index is 730. The number of hydrogen-bond acceptors (Lipinski definition) is 3. The lowest BCUT2D eigenvalue weighted by molar-refractivity contribution is 0.194. The molecule has 0 bridgehead atoms. The first-order valence-electron chi connectivity index (χ1n) is 8.43. The highest BCUT2D eigenvalue weighted by molar-refractivity contribution is 6.30. The number of phenols is 1. The summed E-state index contributed by atoms with van der Waals surface area (Å²) in [6, 6.07) is 14.9. The van der Waals surface area contributed by atoms with Gasteiger partial charge in [0.05, 0.1) is 5.69 Å². The van der Waals surface area contributed by atoms with Crippen LogP contribution in [0.2, 0.25) is 5.02 Å². The van der Waals surface area contributed by atoms with Crippen molar-refractivity contribution >= 4 is 23.3 Å². The highest BCUT2D eigenvalue weighted by atomic mass is 35.5. The van der Waals surface area contributed by atoms with E-state index in [4.69, 9.17) is 11.6 Å². The Balaban J connectivity index is 1.45. The molecule has 0 saturated carbocycles. The van der Waals surface area contributed by atoms with Crippen LogP contribution in [0.5, 0.6) is 5.75 Å². The van der Waals surface area contributed by atoms with Crippen LogP contribution in [0, 0.1) is 0 Å². The summed E-state index contributed by atoms with van der Waals surface area (Å²) >= 11 is 5.97. The fourth-order valence-electron chi connectivity index (χ4n) is 3.00. The number of hydrogen-bond donors (Lipinski definition) is 2. The summed E-state index contributed by atoms with van der Waals surface area (Å²) in [6.07, 6.45) is 0.754. The summed E-state index contributed by atoms with van der Waals surface area (Å²) in [4.78, 5) is 16.2. The summed E-state index contributed by atoms with van der Waals surface area (Å²) < 4.78 is 0. The van der Waals surface area contributed by atoms with E-state index >= 15 is 0 Å². The zero-order valence-electron chi connectivity index (χ0n) is 14.0. The molecule has 132 valence electrons. The molecule has 5 nitrogen and oxygen atoms in total. The molecule has 1 aliphatic rings. The topological polar surface area (TPSA) is 55.8 Å². The van der Waals surface area contributed by atoms with Gasteiger partial charge in [0.25, 0.3) is 0 Å². The minimum atomic E-state index is -0.0426. The van der Waals surface area contributed by atoms with Crippen molar-refractivity contribution in [1.29, 1.82) is 0 Å². The molecule has 2 N–H and O–H groups in total. The largest absolute Gasteiger partial charge is 0.506 e. The lowest BCUT2D eigenvalue weighted by atomic mass is 10.1. The summed E-state index contributed by atoms with van der Waals surface area (Å²) in [5.74, 6) is 0.280. The van der Waals surface area contributed by atoms with Gasteiger partial charge in [0.1, 0.15) is 5.75 Å². The third kappa shape index (κ3) is 4.57. The highest BCUT2D eigenvalue weighted by Gasteiger charge is 2.22. The Morgan fingerprint density at radius 1 is 1.08 bits per heavy atom. The maximum absolute atomic E-state index is 12.3. The van der Waals surface area contributed by atoms with Gasteiger partial charge >= 0.3 is 6.03 Å². The van der Waals surface area contributed by atoms with Gasteiger partial charge in [-0.3, -0.25) is 0 Å². The summed E-state index contributed by atoms with van der Waals surface area (Å²) in [5, 5.41) is 13.6. The Labute approximate surface area is 152 Å². The zero-order valence-corrected chi connectivity index (χ0v) is 14.7. The fourth-order valence-corrected chi connectivity index (χ4v) is 3.21. The van der Waals surface area contributed by atoms with Crippen LogP contribution in [0.25, 0.3) is 0 Å². The Hall–Kier alpha value is -2.40. The van der Waals surface area contributed by atoms with Gasteiger partial charge in [-0.15, -0.1) is 0 Å². The number of carbonyl (C=O) groups excluding carboxylic acids is 1. The SMILES string of the molecule is O=C(NCCc1cccc(Cl)c1)N1CCN(c2ccccc2O)CC1. The fraction of sp³-hybridized carbons (Fsp3) is 0.316. The van der Waals surface area contributed by atoms with Crippen LogP contribution in [0.3, 0.4) is 0 Å². The molecule has 2 aromatic rings. The van der Waals surface area contributed by atoms with E-state index in [1.807, 2.05) is 47.4 Å². The van der Waals surface area contributed by atoms with Gasteiger partial charge in [-0.2, -0.15) is 0 Å². The first kappa shape index (κ1) is 17.4. The van der Waals surface area contributed by atoms with Gasteiger partial charge in [0.2, 0.25) is 0 Å². The third-order valence-corrected chi connectivity index (χ3v) is 4.60. The molecule has 1 heterocycles. The van der Waals surface area contributed by atoms with E-state index in [1.165, 1.54) is 0 Å². The van der Waals surface area contributed by atoms with E-state index in [0.29, 0.717) is 37.7 Å². The summed E-state index contributed by atoms with van der Waals surface area (Å²) in [5.41, 5.74) is 1.93. The number of halogens is 1. The Kier molecular flexibility index (Phi) is 5.66. The Morgan fingerprint density at radius 3 is 2.56 bits per heavy atom. The van der Waals surface area contributed by atoms with E-state index in [9.17, 15) is 9.90 Å². The number of nitrogens with zero attached hydrogens (tertiary/aromatic N) is 2. The number of aromatic hydroxyl groups is 1. The lowest BCUT2D eigenvalue weighted by Crippen LogP contribution is -2.52. The maximum Gasteiger partial charge on any atom is 0.317 e. The van der Waals surface area contributed by atoms with Gasteiger partial charge in [-0.05, 0) is 36.2 Å². The van der Waals surface area contributed by atoms with Crippen LogP contribution >= 0.6 is 11.6 Å². The first-order valence-corrected chi connectivity index (χ1v) is 8.81. The number of rotatable bonds is 4. The first-order chi connectivity index (χ1) is 12.1. The molecule has 25 heavy (non-hydrogen) atoms. The predicted molar refractivity (Wildman–Crippen MR) is 100 cm³/mol. The van der Waals surface area contributed by atoms with Gasteiger partial charge in [0, 0.05) is 37.7 Å². The number of piperazine rings is 1. The molecule has 0 aromatic heterocycles. The van der Waals surface area contributed by atoms with Crippen LogP contribution in [-0.2, 0) is 6.42 Å². The molecular formula is C19H22ClN3O2. The van der Waals surface area contributed by atoms with Crippen LogP contribution in [-0.4, -0.2) is 48.8 Å². The average Bonchev–Trinajstić information content (AvgIpc) is 2.62. The van der Waals surface area contributed by atoms with Crippen molar-refractivity contribution in [3.63, 3.8) is 0 Å². The molecule has 0 aliphatic carbocycles. The normalized spacial score (nSPS) is 14.4. The van der Waals surface area contributed by atoms with Crippen molar-refractivity contribution in [3.05, 3.63) is 59.1 Å². The van der Waals surface area contributed by atoms with Gasteiger partial charge < -0.3 is 20.2 Å². The molecular weight excluding hydrogens is 338 g/mol. The van der Waals surface area contributed by atoms with E-state index in [1.54, 1.807) is 6.07 Å². The van der Waals surface area contributed by atoms with E-state index in [2.05, 4.69) is 10.2 Å². The minimum Gasteiger partial charge on any atom is -0.506 e. The second kappa shape index (κ2) is 8.12. The van der Waals surface area contributed by atoms with Crippen LogP contribution < -0.4 is 10.2 Å². The monoisotopic (exact) mass is 359 g/mol. The smallest absolute Gasteiger partial charge is 0.317 e. The number of para-hydroxylation sites is 2. The van der Waals surface area contributed by atoms with Gasteiger partial charge in [-0.1, -0.05) is 35.9 Å². The van der Waals surface area contributed by atoms with E-state index in [-0.39, 0.29) is 11.8 Å². The Morgan fingerprint density at radius 2 is 1.84 bits per heavy atom. The van der Waals surface area contributed by atoms with Gasteiger partial charge in [0.15, 0.2) is 0 Å². The number of nitrogens with one attached hydrogen (secondary N) is 1. The number of urea groups is 1. The molecule has 1 fully saturated rings. The van der Waals surface area contributed by atoms with Crippen molar-refractivity contribution in [1.82, 2.24) is 10.2 Å². The van der Waals surface area contributed by atoms with Crippen molar-refractivity contribution in [3.8, 4) is 5.75 Å². The van der Waals surface area contributed by atoms with E-state index in [0.717, 1.165) is 17.7 Å². The number of benzene rings is 2. The van der Waals surface area contributed by atoms with Crippen molar-refractivity contribution in [2.24, 2.45) is 0 Å². The lowest BCUT2D eigenvalue weighted by Gasteiger charge is -2.36. The van der Waals surface area contributed by atoms with Crippen molar-refractivity contribution in [2.45, 2.75) is 6.42 Å².